The minimum Gasteiger partial charge on any atom is -0.322 e. The zero-order chi connectivity index (χ0) is 19.8. The highest BCUT2D eigenvalue weighted by Gasteiger charge is 2.24. The van der Waals surface area contributed by atoms with E-state index in [0.717, 1.165) is 26.1 Å². The standard InChI is InChI=1S/C17H15F2N3O3S2/c1-10-20-15-6-4-12(8-16(15)26-10)27(24,25)22(2)9-17(23)21-14-5-3-11(18)7-13(14)19/h3-8H,9H2,1-2H3,(H,21,23). The largest absolute Gasteiger partial charge is 0.322 e. The second-order valence-electron chi connectivity index (χ2n) is 5.80. The van der Waals surface area contributed by atoms with E-state index in [4.69, 9.17) is 0 Å². The van der Waals surface area contributed by atoms with Crippen molar-refractivity contribution in [3.8, 4) is 0 Å². The van der Waals surface area contributed by atoms with Crippen LogP contribution in [0.3, 0.4) is 0 Å². The van der Waals surface area contributed by atoms with Gasteiger partial charge in [0.15, 0.2) is 0 Å². The molecule has 142 valence electrons. The number of hydrogen-bond acceptors (Lipinski definition) is 5. The predicted molar refractivity (Wildman–Crippen MR) is 99.2 cm³/mol. The number of rotatable bonds is 5. The molecule has 1 amide bonds. The zero-order valence-electron chi connectivity index (χ0n) is 14.4. The number of benzene rings is 2. The number of aromatic nitrogens is 1. The highest BCUT2D eigenvalue weighted by Crippen LogP contribution is 2.26. The lowest BCUT2D eigenvalue weighted by Crippen LogP contribution is -2.35. The lowest BCUT2D eigenvalue weighted by molar-refractivity contribution is -0.116. The van der Waals surface area contributed by atoms with Crippen molar-refractivity contribution in [3.05, 3.63) is 53.0 Å². The Labute approximate surface area is 158 Å². The Bertz CT molecular complexity index is 1130. The lowest BCUT2D eigenvalue weighted by Gasteiger charge is -2.17. The van der Waals surface area contributed by atoms with E-state index >= 15 is 0 Å². The van der Waals surface area contributed by atoms with E-state index in [-0.39, 0.29) is 10.6 Å². The molecule has 0 aliphatic rings. The van der Waals surface area contributed by atoms with E-state index in [1.54, 1.807) is 6.07 Å². The molecule has 3 rings (SSSR count). The van der Waals surface area contributed by atoms with Crippen LogP contribution in [0.1, 0.15) is 5.01 Å². The normalized spacial score (nSPS) is 11.9. The van der Waals surface area contributed by atoms with E-state index in [2.05, 4.69) is 10.3 Å². The summed E-state index contributed by atoms with van der Waals surface area (Å²) in [5.41, 5.74) is 0.470. The number of carbonyl (C=O) groups excluding carboxylic acids is 1. The first-order valence-electron chi connectivity index (χ1n) is 7.75. The van der Waals surface area contributed by atoms with E-state index < -0.39 is 34.1 Å². The van der Waals surface area contributed by atoms with Gasteiger partial charge < -0.3 is 5.32 Å². The summed E-state index contributed by atoms with van der Waals surface area (Å²) in [6.45, 7) is 1.29. The van der Waals surface area contributed by atoms with Crippen molar-refractivity contribution in [3.63, 3.8) is 0 Å². The minimum absolute atomic E-state index is 0.0295. The van der Waals surface area contributed by atoms with Gasteiger partial charge in [0.2, 0.25) is 15.9 Å². The highest BCUT2D eigenvalue weighted by molar-refractivity contribution is 7.89. The monoisotopic (exact) mass is 411 g/mol. The summed E-state index contributed by atoms with van der Waals surface area (Å²) < 4.78 is 53.5. The molecule has 0 bridgehead atoms. The summed E-state index contributed by atoms with van der Waals surface area (Å²) in [4.78, 5) is 16.4. The first-order valence-corrected chi connectivity index (χ1v) is 10.0. The molecule has 0 saturated heterocycles. The molecule has 10 heteroatoms. The minimum atomic E-state index is -3.93. The number of fused-ring (bicyclic) bond motifs is 1. The maximum atomic E-state index is 13.6. The Balaban J connectivity index is 1.76. The lowest BCUT2D eigenvalue weighted by atomic mass is 10.3. The zero-order valence-corrected chi connectivity index (χ0v) is 16.0. The van der Waals surface area contributed by atoms with E-state index in [1.165, 1.54) is 30.5 Å². The molecule has 1 aromatic heterocycles. The van der Waals surface area contributed by atoms with Crippen molar-refractivity contribution in [2.45, 2.75) is 11.8 Å². The number of aryl methyl sites for hydroxylation is 1. The number of halogens is 2. The Kier molecular flexibility index (Phi) is 5.22. The molecule has 1 heterocycles. The van der Waals surface area contributed by atoms with E-state index in [0.29, 0.717) is 11.6 Å². The van der Waals surface area contributed by atoms with Crippen LogP contribution in [0.15, 0.2) is 41.3 Å². The fraction of sp³-hybridized carbons (Fsp3) is 0.176. The van der Waals surface area contributed by atoms with Gasteiger partial charge in [-0.2, -0.15) is 4.31 Å². The van der Waals surface area contributed by atoms with E-state index in [1.807, 2.05) is 6.92 Å². The van der Waals surface area contributed by atoms with Gasteiger partial charge in [0, 0.05) is 13.1 Å². The van der Waals surface area contributed by atoms with Gasteiger partial charge in [-0.25, -0.2) is 22.2 Å². The molecule has 0 spiro atoms. The van der Waals surface area contributed by atoms with E-state index in [9.17, 15) is 22.0 Å². The Morgan fingerprint density at radius 3 is 2.67 bits per heavy atom. The van der Waals surface area contributed by atoms with Gasteiger partial charge >= 0.3 is 0 Å². The molecule has 27 heavy (non-hydrogen) atoms. The average Bonchev–Trinajstić information content (AvgIpc) is 2.96. The van der Waals surface area contributed by atoms with Crippen molar-refractivity contribution in [2.24, 2.45) is 0 Å². The van der Waals surface area contributed by atoms with Gasteiger partial charge in [0.1, 0.15) is 11.6 Å². The second kappa shape index (κ2) is 7.29. The molecule has 6 nitrogen and oxygen atoms in total. The van der Waals surface area contributed by atoms with Gasteiger partial charge in [0.05, 0.1) is 32.4 Å². The van der Waals surface area contributed by atoms with Gasteiger partial charge in [-0.15, -0.1) is 11.3 Å². The van der Waals surface area contributed by atoms with Crippen LogP contribution in [0.25, 0.3) is 10.2 Å². The maximum Gasteiger partial charge on any atom is 0.243 e. The van der Waals surface area contributed by atoms with Crippen LogP contribution in [0.2, 0.25) is 0 Å². The smallest absolute Gasteiger partial charge is 0.243 e. The molecular formula is C17H15F2N3O3S2. The summed E-state index contributed by atoms with van der Waals surface area (Å²) in [7, 11) is -2.68. The number of likely N-dealkylation sites (N-methyl/N-ethyl adjacent to an activating group) is 1. The average molecular weight is 411 g/mol. The van der Waals surface area contributed by atoms with Crippen LogP contribution < -0.4 is 5.32 Å². The van der Waals surface area contributed by atoms with Crippen LogP contribution in [-0.4, -0.2) is 37.2 Å². The number of amides is 1. The van der Waals surface area contributed by atoms with Crippen LogP contribution in [-0.2, 0) is 14.8 Å². The van der Waals surface area contributed by atoms with Crippen molar-refractivity contribution in [1.82, 2.24) is 9.29 Å². The molecule has 0 atom stereocenters. The number of nitrogens with one attached hydrogen (secondary N) is 1. The summed E-state index contributed by atoms with van der Waals surface area (Å²) in [6.07, 6.45) is 0. The van der Waals surface area contributed by atoms with Crippen molar-refractivity contribution >= 4 is 43.2 Å². The molecule has 0 saturated carbocycles. The maximum absolute atomic E-state index is 13.6. The number of nitrogens with zero attached hydrogens (tertiary/aromatic N) is 2. The molecule has 2 aromatic carbocycles. The van der Waals surface area contributed by atoms with Crippen LogP contribution in [0.4, 0.5) is 14.5 Å². The van der Waals surface area contributed by atoms with Crippen molar-refractivity contribution in [1.29, 1.82) is 0 Å². The summed E-state index contributed by atoms with van der Waals surface area (Å²) in [5, 5.41) is 3.04. The van der Waals surface area contributed by atoms with Crippen LogP contribution >= 0.6 is 11.3 Å². The van der Waals surface area contributed by atoms with Crippen LogP contribution in [0.5, 0.6) is 0 Å². The molecule has 3 aromatic rings. The second-order valence-corrected chi connectivity index (χ2v) is 9.08. The SMILES string of the molecule is Cc1nc2ccc(S(=O)(=O)N(C)CC(=O)Nc3ccc(F)cc3F)cc2s1. The summed E-state index contributed by atoms with van der Waals surface area (Å²) in [6, 6.07) is 7.21. The number of anilines is 1. The number of hydrogen-bond donors (Lipinski definition) is 1. The summed E-state index contributed by atoms with van der Waals surface area (Å²) in [5.74, 6) is -2.47. The molecule has 1 N–H and O–H groups in total. The molecule has 0 unspecified atom stereocenters. The van der Waals surface area contributed by atoms with Gasteiger partial charge in [0.25, 0.3) is 0 Å². The Hall–Kier alpha value is -2.43. The topological polar surface area (TPSA) is 79.4 Å². The third kappa shape index (κ3) is 4.12. The van der Waals surface area contributed by atoms with Crippen molar-refractivity contribution in [2.75, 3.05) is 18.9 Å². The fourth-order valence-corrected chi connectivity index (χ4v) is 4.52. The third-order valence-electron chi connectivity index (χ3n) is 3.75. The highest BCUT2D eigenvalue weighted by atomic mass is 32.2. The molecular weight excluding hydrogens is 396 g/mol. The fourth-order valence-electron chi connectivity index (χ4n) is 2.43. The number of thiazole rings is 1. The van der Waals surface area contributed by atoms with Gasteiger partial charge in [-0.1, -0.05) is 0 Å². The number of carbonyl (C=O) groups is 1. The Morgan fingerprint density at radius 2 is 1.96 bits per heavy atom. The van der Waals surface area contributed by atoms with Gasteiger partial charge in [-0.05, 0) is 37.3 Å². The first kappa shape index (κ1) is 19.3. The molecule has 0 aliphatic carbocycles. The first-order chi connectivity index (χ1) is 12.7. The summed E-state index contributed by atoms with van der Waals surface area (Å²) >= 11 is 1.37. The Morgan fingerprint density at radius 1 is 1.22 bits per heavy atom. The van der Waals surface area contributed by atoms with Crippen molar-refractivity contribution < 1.29 is 22.0 Å². The van der Waals surface area contributed by atoms with Gasteiger partial charge in [-0.3, -0.25) is 4.79 Å². The van der Waals surface area contributed by atoms with Crippen LogP contribution in [0, 0.1) is 18.6 Å². The molecule has 0 aliphatic heterocycles. The third-order valence-corrected chi connectivity index (χ3v) is 6.48. The quantitative estimate of drug-likeness (QED) is 0.700. The molecule has 0 radical (unpaired) electrons. The molecule has 0 fully saturated rings. The predicted octanol–water partition coefficient (Wildman–Crippen LogP) is 3.14. The number of sulfonamides is 1.